The number of likely N-dealkylation sites (tertiary alicyclic amines) is 1. The molecule has 1 aliphatic rings. The van der Waals surface area contributed by atoms with Crippen molar-refractivity contribution < 1.29 is 4.79 Å². The molecule has 0 radical (unpaired) electrons. The van der Waals surface area contributed by atoms with Gasteiger partial charge in [-0.2, -0.15) is 0 Å². The summed E-state index contributed by atoms with van der Waals surface area (Å²) in [6.07, 6.45) is 0.733. The summed E-state index contributed by atoms with van der Waals surface area (Å²) in [7, 11) is 0. The van der Waals surface area contributed by atoms with Gasteiger partial charge in [-0.05, 0) is 23.2 Å². The minimum Gasteiger partial charge on any atom is -0.342 e. The molecule has 2 nitrogen and oxygen atoms in total. The zero-order valence-corrected chi connectivity index (χ0v) is 13.4. The van der Waals surface area contributed by atoms with Crippen molar-refractivity contribution in [1.82, 2.24) is 4.90 Å². The second-order valence-electron chi connectivity index (χ2n) is 6.72. The number of carbonyl (C=O) groups is 1. The zero-order valence-electron chi connectivity index (χ0n) is 11.8. The molecule has 0 aromatic carbocycles. The summed E-state index contributed by atoms with van der Waals surface area (Å²) in [5, 5.41) is 0.981. The van der Waals surface area contributed by atoms with Crippen LogP contribution in [0.25, 0.3) is 0 Å². The molecule has 0 N–H and O–H groups in total. The number of hydrogen-bond acceptors (Lipinski definition) is 1. The van der Waals surface area contributed by atoms with E-state index in [1.807, 2.05) is 0 Å². The first kappa shape index (κ1) is 15.0. The third kappa shape index (κ3) is 3.97. The fraction of sp³-hybridized carbons (Fsp3) is 0.929. The van der Waals surface area contributed by atoms with Gasteiger partial charge < -0.3 is 4.90 Å². The molecule has 0 bridgehead atoms. The maximum absolute atomic E-state index is 12.0. The smallest absolute Gasteiger partial charge is 0.222 e. The van der Waals surface area contributed by atoms with Gasteiger partial charge in [0.25, 0.3) is 0 Å². The molecule has 1 fully saturated rings. The van der Waals surface area contributed by atoms with Gasteiger partial charge in [0.15, 0.2) is 0 Å². The lowest BCUT2D eigenvalue weighted by atomic mass is 9.80. The molecule has 1 amide bonds. The highest BCUT2D eigenvalue weighted by Crippen LogP contribution is 2.34. The van der Waals surface area contributed by atoms with E-state index in [1.54, 1.807) is 0 Å². The largest absolute Gasteiger partial charge is 0.342 e. The van der Waals surface area contributed by atoms with Gasteiger partial charge in [-0.3, -0.25) is 4.79 Å². The van der Waals surface area contributed by atoms with Crippen LogP contribution in [0.5, 0.6) is 0 Å². The summed E-state index contributed by atoms with van der Waals surface area (Å²) in [6, 6.07) is 0. The first-order valence-electron chi connectivity index (χ1n) is 6.59. The Hall–Kier alpha value is -0.0500. The van der Waals surface area contributed by atoms with Crippen molar-refractivity contribution >= 4 is 21.8 Å². The highest BCUT2D eigenvalue weighted by Gasteiger charge is 2.37. The Labute approximate surface area is 114 Å². The lowest BCUT2D eigenvalue weighted by Crippen LogP contribution is -2.34. The maximum Gasteiger partial charge on any atom is 0.222 e. The number of carbonyl (C=O) groups excluding carboxylic acids is 1. The van der Waals surface area contributed by atoms with E-state index < -0.39 is 0 Å². The third-order valence-corrected chi connectivity index (χ3v) is 4.87. The lowest BCUT2D eigenvalue weighted by Gasteiger charge is -2.28. The summed E-state index contributed by atoms with van der Waals surface area (Å²) in [5.74, 6) is 2.04. The van der Waals surface area contributed by atoms with Crippen molar-refractivity contribution in [2.24, 2.45) is 23.2 Å². The van der Waals surface area contributed by atoms with Crippen LogP contribution in [0.1, 0.15) is 41.0 Å². The van der Waals surface area contributed by atoms with E-state index in [4.69, 9.17) is 0 Å². The van der Waals surface area contributed by atoms with Crippen LogP contribution in [0.4, 0.5) is 0 Å². The van der Waals surface area contributed by atoms with Crippen LogP contribution < -0.4 is 0 Å². The lowest BCUT2D eigenvalue weighted by molar-refractivity contribution is -0.128. The van der Waals surface area contributed by atoms with Crippen molar-refractivity contribution in [2.45, 2.75) is 41.0 Å². The second-order valence-corrected chi connectivity index (χ2v) is 7.37. The molecule has 0 spiro atoms. The van der Waals surface area contributed by atoms with E-state index in [1.165, 1.54) is 0 Å². The second kappa shape index (κ2) is 5.73. The molecule has 2 unspecified atom stereocenters. The first-order valence-corrected chi connectivity index (χ1v) is 7.71. The van der Waals surface area contributed by atoms with Gasteiger partial charge >= 0.3 is 0 Å². The van der Waals surface area contributed by atoms with Crippen molar-refractivity contribution in [3.8, 4) is 0 Å². The van der Waals surface area contributed by atoms with Gasteiger partial charge in [0, 0.05) is 24.8 Å². The number of nitrogens with zero attached hydrogens (tertiary/aromatic N) is 1. The number of hydrogen-bond donors (Lipinski definition) is 0. The summed E-state index contributed by atoms with van der Waals surface area (Å²) >= 11 is 3.56. The molecule has 0 aliphatic carbocycles. The molecule has 17 heavy (non-hydrogen) atoms. The molecule has 3 heteroatoms. The molecule has 0 saturated carbocycles. The summed E-state index contributed by atoms with van der Waals surface area (Å²) in [5.41, 5.74) is 0.242. The van der Waals surface area contributed by atoms with Crippen LogP contribution in [0.2, 0.25) is 0 Å². The van der Waals surface area contributed by atoms with Gasteiger partial charge in [-0.1, -0.05) is 50.5 Å². The van der Waals surface area contributed by atoms with Gasteiger partial charge in [0.2, 0.25) is 5.91 Å². The summed E-state index contributed by atoms with van der Waals surface area (Å²) < 4.78 is 0. The number of rotatable bonds is 4. The summed E-state index contributed by atoms with van der Waals surface area (Å²) in [6.45, 7) is 13.0. The summed E-state index contributed by atoms with van der Waals surface area (Å²) in [4.78, 5) is 14.1. The van der Waals surface area contributed by atoms with E-state index in [9.17, 15) is 4.79 Å². The molecular weight excluding hydrogens is 278 g/mol. The average molecular weight is 304 g/mol. The van der Waals surface area contributed by atoms with E-state index in [0.29, 0.717) is 23.7 Å². The predicted octanol–water partition coefficient (Wildman–Crippen LogP) is 3.55. The topological polar surface area (TPSA) is 20.3 Å². The van der Waals surface area contributed by atoms with Gasteiger partial charge in [0.05, 0.1) is 0 Å². The molecule has 0 aromatic rings. The van der Waals surface area contributed by atoms with E-state index in [2.05, 4.69) is 55.4 Å². The van der Waals surface area contributed by atoms with Gasteiger partial charge in [-0.25, -0.2) is 0 Å². The first-order chi connectivity index (χ1) is 7.75. The fourth-order valence-electron chi connectivity index (χ4n) is 2.25. The Kier molecular flexibility index (Phi) is 5.06. The van der Waals surface area contributed by atoms with Gasteiger partial charge in [-0.15, -0.1) is 0 Å². The molecule has 100 valence electrons. The maximum atomic E-state index is 12.0. The molecule has 2 atom stereocenters. The average Bonchev–Trinajstić information content (AvgIpc) is 2.55. The molecule has 0 aromatic heterocycles. The minimum atomic E-state index is 0.242. The zero-order chi connectivity index (χ0) is 13.2. The number of halogens is 1. The Bertz CT molecular complexity index is 270. The van der Waals surface area contributed by atoms with E-state index >= 15 is 0 Å². The Morgan fingerprint density at radius 2 is 2.00 bits per heavy atom. The molecule has 1 saturated heterocycles. The number of alkyl halides is 1. The highest BCUT2D eigenvalue weighted by atomic mass is 79.9. The monoisotopic (exact) mass is 303 g/mol. The van der Waals surface area contributed by atoms with E-state index in [-0.39, 0.29) is 5.41 Å². The van der Waals surface area contributed by atoms with Crippen molar-refractivity contribution in [3.05, 3.63) is 0 Å². The van der Waals surface area contributed by atoms with Crippen LogP contribution in [-0.4, -0.2) is 29.2 Å². The van der Waals surface area contributed by atoms with Crippen LogP contribution in [-0.2, 0) is 4.79 Å². The standard InChI is InChI=1S/C14H26BrNO/c1-10(2)11(7-15)8-16-9-12(6-13(16)17)14(3,4)5/h10-12H,6-9H2,1-5H3. The molecule has 1 heterocycles. The van der Waals surface area contributed by atoms with Crippen LogP contribution in [0, 0.1) is 23.2 Å². The van der Waals surface area contributed by atoms with Crippen LogP contribution in [0.15, 0.2) is 0 Å². The van der Waals surface area contributed by atoms with Crippen molar-refractivity contribution in [2.75, 3.05) is 18.4 Å². The normalized spacial score (nSPS) is 23.6. The van der Waals surface area contributed by atoms with E-state index in [0.717, 1.165) is 24.8 Å². The predicted molar refractivity (Wildman–Crippen MR) is 76.3 cm³/mol. The van der Waals surface area contributed by atoms with Crippen molar-refractivity contribution in [1.29, 1.82) is 0 Å². The quantitative estimate of drug-likeness (QED) is 0.727. The fourth-order valence-corrected chi connectivity index (χ4v) is 3.20. The van der Waals surface area contributed by atoms with Crippen molar-refractivity contribution in [3.63, 3.8) is 0 Å². The highest BCUT2D eigenvalue weighted by molar-refractivity contribution is 9.09. The Morgan fingerprint density at radius 1 is 1.41 bits per heavy atom. The molecule has 1 rings (SSSR count). The molecular formula is C14H26BrNO. The molecule has 1 aliphatic heterocycles. The minimum absolute atomic E-state index is 0.242. The van der Waals surface area contributed by atoms with Crippen LogP contribution >= 0.6 is 15.9 Å². The SMILES string of the molecule is CC(C)C(CBr)CN1CC(C(C)(C)C)CC1=O. The Balaban J connectivity index is 2.59. The Morgan fingerprint density at radius 3 is 2.35 bits per heavy atom. The third-order valence-electron chi connectivity index (χ3n) is 4.04. The van der Waals surface area contributed by atoms with Gasteiger partial charge in [0.1, 0.15) is 0 Å². The number of amides is 1. The van der Waals surface area contributed by atoms with Crippen LogP contribution in [0.3, 0.4) is 0 Å².